The third kappa shape index (κ3) is 6.72. The quantitative estimate of drug-likeness (QED) is 0.159. The summed E-state index contributed by atoms with van der Waals surface area (Å²) in [5, 5.41) is 0. The summed E-state index contributed by atoms with van der Waals surface area (Å²) in [6.45, 7) is 0. The van der Waals surface area contributed by atoms with Crippen LogP contribution < -0.4 is 0 Å². The smallest absolute Gasteiger partial charge is 0.0273 e. The fourth-order valence-electron chi connectivity index (χ4n) is 7.10. The molecule has 0 saturated carbocycles. The Labute approximate surface area is 315 Å². The van der Waals surface area contributed by atoms with Gasteiger partial charge in [-0.15, -0.1) is 0 Å². The molecular weight excluding hydrogens is 657 g/mol. The highest BCUT2D eigenvalue weighted by molar-refractivity contribution is 5.96. The molecule has 5 aromatic carbocycles. The number of nitrogens with zero attached hydrogens (tertiary/aromatic N) is 4. The summed E-state index contributed by atoms with van der Waals surface area (Å²) in [7, 11) is 0. The lowest BCUT2D eigenvalue weighted by Crippen LogP contribution is -1.93. The molecule has 254 valence electrons. The molecule has 0 saturated heterocycles. The molecule has 0 bridgehead atoms. The molecule has 9 aromatic rings. The number of rotatable bonds is 8. The van der Waals surface area contributed by atoms with Crippen molar-refractivity contribution in [3.05, 3.63) is 207 Å². The lowest BCUT2D eigenvalue weighted by atomic mass is 9.84. The first-order valence-corrected chi connectivity index (χ1v) is 18.0. The molecule has 9 rings (SSSR count). The normalized spacial score (nSPS) is 11.0. The van der Waals surface area contributed by atoms with Gasteiger partial charge >= 0.3 is 0 Å². The van der Waals surface area contributed by atoms with Gasteiger partial charge < -0.3 is 0 Å². The van der Waals surface area contributed by atoms with Gasteiger partial charge in [0, 0.05) is 49.6 Å². The molecule has 0 aliphatic heterocycles. The predicted octanol–water partition coefficient (Wildman–Crippen LogP) is 12.6. The molecule has 4 heteroatoms. The van der Waals surface area contributed by atoms with Crippen LogP contribution in [0.15, 0.2) is 207 Å². The van der Waals surface area contributed by atoms with Crippen LogP contribution in [0.1, 0.15) is 0 Å². The summed E-state index contributed by atoms with van der Waals surface area (Å²) in [6.07, 6.45) is 14.7. The van der Waals surface area contributed by atoms with E-state index in [0.29, 0.717) is 0 Å². The zero-order chi connectivity index (χ0) is 36.1. The Morgan fingerprint density at radius 1 is 0.167 bits per heavy atom. The van der Waals surface area contributed by atoms with Crippen molar-refractivity contribution in [1.29, 1.82) is 0 Å². The van der Waals surface area contributed by atoms with Gasteiger partial charge in [-0.25, -0.2) is 0 Å². The second-order valence-corrected chi connectivity index (χ2v) is 13.2. The highest BCUT2D eigenvalue weighted by Crippen LogP contribution is 2.43. The van der Waals surface area contributed by atoms with E-state index < -0.39 is 0 Å². The average molecular weight is 691 g/mol. The molecule has 0 unspecified atom stereocenters. The first-order valence-electron chi connectivity index (χ1n) is 18.0. The summed E-state index contributed by atoms with van der Waals surface area (Å²) < 4.78 is 0. The zero-order valence-corrected chi connectivity index (χ0v) is 29.4. The first-order chi connectivity index (χ1) is 26.8. The van der Waals surface area contributed by atoms with Crippen LogP contribution in [0.5, 0.6) is 0 Å². The molecule has 0 spiro atoms. The van der Waals surface area contributed by atoms with Gasteiger partial charge in [-0.1, -0.05) is 97.1 Å². The monoisotopic (exact) mass is 690 g/mol. The predicted molar refractivity (Wildman–Crippen MR) is 221 cm³/mol. The standard InChI is InChI=1S/C50H34N4/c1-9-43(10-2-35(1)39-17-25-51-26-18-39)47-33-49(45-13-5-37(6-14-45)41-21-29-53-30-22-41)50(46-15-7-38(8-16-46)42-23-31-54-32-24-42)34-48(47)44-11-3-36(4-12-44)40-19-27-52-28-20-40/h1-34H. The maximum Gasteiger partial charge on any atom is 0.0273 e. The van der Waals surface area contributed by atoms with Gasteiger partial charge in [-0.3, -0.25) is 19.9 Å². The summed E-state index contributed by atoms with van der Waals surface area (Å²) in [4.78, 5) is 16.9. The van der Waals surface area contributed by atoms with Crippen LogP contribution in [0.4, 0.5) is 0 Å². The van der Waals surface area contributed by atoms with E-state index in [1.165, 1.54) is 22.3 Å². The maximum atomic E-state index is 4.21. The topological polar surface area (TPSA) is 51.6 Å². The van der Waals surface area contributed by atoms with E-state index in [1.54, 1.807) is 0 Å². The van der Waals surface area contributed by atoms with Gasteiger partial charge in [-0.05, 0) is 150 Å². The number of hydrogen-bond donors (Lipinski definition) is 0. The Kier molecular flexibility index (Phi) is 8.90. The van der Waals surface area contributed by atoms with Crippen molar-refractivity contribution in [1.82, 2.24) is 19.9 Å². The second kappa shape index (κ2) is 14.7. The SMILES string of the molecule is c1cc(-c2ccc(-c3cc(-c4ccc(-c5ccncc5)cc4)c(-c4ccc(-c5ccncc5)cc4)cc3-c3ccc(-c4ccncc4)cc3)cc2)ccn1. The van der Waals surface area contributed by atoms with Gasteiger partial charge in [0.2, 0.25) is 0 Å². The van der Waals surface area contributed by atoms with Gasteiger partial charge in [0.15, 0.2) is 0 Å². The van der Waals surface area contributed by atoms with E-state index in [9.17, 15) is 0 Å². The van der Waals surface area contributed by atoms with Crippen LogP contribution in [0.3, 0.4) is 0 Å². The van der Waals surface area contributed by atoms with Gasteiger partial charge in [0.05, 0.1) is 0 Å². The first kappa shape index (κ1) is 32.6. The molecule has 0 radical (unpaired) electrons. The van der Waals surface area contributed by atoms with Crippen LogP contribution in [0.2, 0.25) is 0 Å². The summed E-state index contributed by atoms with van der Waals surface area (Å²) in [5.74, 6) is 0. The Bertz CT molecular complexity index is 2250. The molecule has 0 N–H and O–H groups in total. The molecule has 0 aliphatic carbocycles. The van der Waals surface area contributed by atoms with E-state index in [2.05, 4.69) is 129 Å². The van der Waals surface area contributed by atoms with Crippen LogP contribution in [0, 0.1) is 0 Å². The maximum absolute atomic E-state index is 4.21. The largest absolute Gasteiger partial charge is 0.265 e. The zero-order valence-electron chi connectivity index (χ0n) is 29.4. The van der Waals surface area contributed by atoms with E-state index in [0.717, 1.165) is 66.8 Å². The number of hydrogen-bond acceptors (Lipinski definition) is 4. The summed E-state index contributed by atoms with van der Waals surface area (Å²) >= 11 is 0. The number of benzene rings is 5. The van der Waals surface area contributed by atoms with Crippen molar-refractivity contribution >= 4 is 0 Å². The molecule has 4 aromatic heterocycles. The highest BCUT2D eigenvalue weighted by Gasteiger charge is 2.17. The second-order valence-electron chi connectivity index (χ2n) is 13.2. The lowest BCUT2D eigenvalue weighted by Gasteiger charge is -2.19. The average Bonchev–Trinajstić information content (AvgIpc) is 3.27. The minimum absolute atomic E-state index is 1.14. The Morgan fingerprint density at radius 3 is 0.500 bits per heavy atom. The minimum Gasteiger partial charge on any atom is -0.265 e. The molecule has 0 aliphatic rings. The van der Waals surface area contributed by atoms with Crippen LogP contribution in [-0.4, -0.2) is 19.9 Å². The Hall–Kier alpha value is -7.30. The van der Waals surface area contributed by atoms with Crippen molar-refractivity contribution in [2.24, 2.45) is 0 Å². The third-order valence-corrected chi connectivity index (χ3v) is 10.00. The third-order valence-electron chi connectivity index (χ3n) is 10.00. The molecule has 4 nitrogen and oxygen atoms in total. The number of aromatic nitrogens is 4. The van der Waals surface area contributed by atoms with Crippen molar-refractivity contribution in [2.45, 2.75) is 0 Å². The lowest BCUT2D eigenvalue weighted by molar-refractivity contribution is 1.33. The fourth-order valence-corrected chi connectivity index (χ4v) is 7.10. The molecule has 54 heavy (non-hydrogen) atoms. The molecule has 4 heterocycles. The minimum atomic E-state index is 1.14. The molecule has 0 atom stereocenters. The van der Waals surface area contributed by atoms with Crippen molar-refractivity contribution in [3.63, 3.8) is 0 Å². The molecule has 0 amide bonds. The fraction of sp³-hybridized carbons (Fsp3) is 0. The van der Waals surface area contributed by atoms with E-state index >= 15 is 0 Å². The van der Waals surface area contributed by atoms with E-state index in [-0.39, 0.29) is 0 Å². The Balaban J connectivity index is 1.23. The highest BCUT2D eigenvalue weighted by atomic mass is 14.6. The van der Waals surface area contributed by atoms with Crippen LogP contribution in [0.25, 0.3) is 89.0 Å². The summed E-state index contributed by atoms with van der Waals surface area (Å²) in [5.41, 5.74) is 18.4. The molecule has 0 fully saturated rings. The van der Waals surface area contributed by atoms with Gasteiger partial charge in [0.1, 0.15) is 0 Å². The number of pyridine rings is 4. The van der Waals surface area contributed by atoms with Gasteiger partial charge in [0.25, 0.3) is 0 Å². The Morgan fingerprint density at radius 2 is 0.315 bits per heavy atom. The van der Waals surface area contributed by atoms with Gasteiger partial charge in [-0.2, -0.15) is 0 Å². The van der Waals surface area contributed by atoms with Crippen molar-refractivity contribution < 1.29 is 0 Å². The van der Waals surface area contributed by atoms with Crippen LogP contribution >= 0.6 is 0 Å². The summed E-state index contributed by atoms with van der Waals surface area (Å²) in [6, 6.07) is 56.7. The van der Waals surface area contributed by atoms with Crippen molar-refractivity contribution in [2.75, 3.05) is 0 Å². The van der Waals surface area contributed by atoms with Crippen LogP contribution in [-0.2, 0) is 0 Å². The van der Waals surface area contributed by atoms with E-state index in [4.69, 9.17) is 0 Å². The van der Waals surface area contributed by atoms with Crippen molar-refractivity contribution in [3.8, 4) is 89.0 Å². The van der Waals surface area contributed by atoms with E-state index in [1.807, 2.05) is 98.1 Å². The molecular formula is C50H34N4.